The Morgan fingerprint density at radius 3 is 2.57 bits per heavy atom. The van der Waals surface area contributed by atoms with Crippen LogP contribution >= 0.6 is 0 Å². The van der Waals surface area contributed by atoms with Crippen LogP contribution in [0.3, 0.4) is 0 Å². The highest BCUT2D eigenvalue weighted by atomic mass is 32.2. The molecule has 0 bridgehead atoms. The number of nitrogens with zero attached hydrogens (tertiary/aromatic N) is 3. The first-order valence-electron chi connectivity index (χ1n) is 12.4. The molecular formula is C28H30N4O4S. The Kier molecular flexibility index (Phi) is 6.97. The molecule has 3 heterocycles. The average molecular weight is 519 g/mol. The first-order valence-corrected chi connectivity index (χ1v) is 14.2. The van der Waals surface area contributed by atoms with Gasteiger partial charge in [0.05, 0.1) is 47.0 Å². The van der Waals surface area contributed by atoms with E-state index in [0.29, 0.717) is 41.0 Å². The monoisotopic (exact) mass is 518 g/mol. The van der Waals surface area contributed by atoms with Crippen molar-refractivity contribution in [2.24, 2.45) is 0 Å². The molecule has 0 aliphatic carbocycles. The minimum atomic E-state index is -3.12. The van der Waals surface area contributed by atoms with Crippen molar-refractivity contribution in [2.45, 2.75) is 32.2 Å². The molecule has 1 aliphatic rings. The van der Waals surface area contributed by atoms with Gasteiger partial charge in [0.25, 0.3) is 5.91 Å². The third-order valence-corrected chi connectivity index (χ3v) is 8.54. The Morgan fingerprint density at radius 1 is 1.14 bits per heavy atom. The molecule has 4 aromatic rings. The van der Waals surface area contributed by atoms with Crippen LogP contribution in [0.1, 0.15) is 40.5 Å². The maximum Gasteiger partial charge on any atom is 0.252 e. The number of benzene rings is 2. The van der Waals surface area contributed by atoms with Crippen molar-refractivity contribution in [1.82, 2.24) is 20.1 Å². The fourth-order valence-corrected chi connectivity index (χ4v) is 6.55. The predicted octanol–water partition coefficient (Wildman–Crippen LogP) is 4.14. The number of hydrogen-bond acceptors (Lipinski definition) is 6. The molecular weight excluding hydrogens is 488 g/mol. The summed E-state index contributed by atoms with van der Waals surface area (Å²) >= 11 is 0. The van der Waals surface area contributed by atoms with Gasteiger partial charge in [0.2, 0.25) is 0 Å². The van der Waals surface area contributed by atoms with E-state index in [1.807, 2.05) is 49.4 Å². The third kappa shape index (κ3) is 5.36. The molecule has 2 aromatic heterocycles. The van der Waals surface area contributed by atoms with Crippen LogP contribution in [0, 0.1) is 6.92 Å². The summed E-state index contributed by atoms with van der Waals surface area (Å²) in [7, 11) is -1.51. The molecule has 5 rings (SSSR count). The van der Waals surface area contributed by atoms with Crippen LogP contribution in [0.2, 0.25) is 0 Å². The van der Waals surface area contributed by atoms with Crippen molar-refractivity contribution in [3.8, 4) is 17.0 Å². The van der Waals surface area contributed by atoms with Gasteiger partial charge in [0, 0.05) is 12.1 Å². The molecule has 1 amide bonds. The van der Waals surface area contributed by atoms with Gasteiger partial charge in [-0.15, -0.1) is 0 Å². The van der Waals surface area contributed by atoms with Crippen molar-refractivity contribution in [2.75, 3.05) is 25.2 Å². The quantitative estimate of drug-likeness (QED) is 0.352. The third-order valence-electron chi connectivity index (χ3n) is 6.79. The number of carbonyl (C=O) groups excluding carboxylic acids is 1. The number of sulfone groups is 1. The summed E-state index contributed by atoms with van der Waals surface area (Å²) in [6.07, 6.45) is 2.17. The molecule has 192 valence electrons. The van der Waals surface area contributed by atoms with Crippen molar-refractivity contribution < 1.29 is 17.9 Å². The van der Waals surface area contributed by atoms with Crippen LogP contribution in [-0.2, 0) is 16.3 Å². The molecule has 0 radical (unpaired) electrons. The zero-order valence-corrected chi connectivity index (χ0v) is 21.8. The van der Waals surface area contributed by atoms with Gasteiger partial charge in [-0.1, -0.05) is 30.3 Å². The van der Waals surface area contributed by atoms with E-state index in [1.54, 1.807) is 17.9 Å². The van der Waals surface area contributed by atoms with Gasteiger partial charge < -0.3 is 10.1 Å². The number of pyridine rings is 1. The maximum absolute atomic E-state index is 13.4. The number of aromatic nitrogens is 3. The lowest BCUT2D eigenvalue weighted by Gasteiger charge is -2.13. The molecule has 37 heavy (non-hydrogen) atoms. The lowest BCUT2D eigenvalue weighted by molar-refractivity contribution is 0.0954. The first-order chi connectivity index (χ1) is 17.8. The molecule has 2 aromatic carbocycles. The van der Waals surface area contributed by atoms with E-state index in [1.165, 1.54) is 5.56 Å². The van der Waals surface area contributed by atoms with Crippen LogP contribution in [0.15, 0.2) is 60.7 Å². The summed E-state index contributed by atoms with van der Waals surface area (Å²) in [5.74, 6) is 0.680. The van der Waals surface area contributed by atoms with Crippen LogP contribution < -0.4 is 10.1 Å². The van der Waals surface area contributed by atoms with Crippen molar-refractivity contribution in [3.63, 3.8) is 0 Å². The lowest BCUT2D eigenvalue weighted by Crippen LogP contribution is -2.25. The van der Waals surface area contributed by atoms with Gasteiger partial charge in [-0.25, -0.2) is 18.1 Å². The summed E-state index contributed by atoms with van der Waals surface area (Å²) in [5.41, 5.74) is 4.34. The highest BCUT2D eigenvalue weighted by molar-refractivity contribution is 7.91. The molecule has 1 saturated heterocycles. The topological polar surface area (TPSA) is 103 Å². The minimum Gasteiger partial charge on any atom is -0.497 e. The molecule has 1 unspecified atom stereocenters. The summed E-state index contributed by atoms with van der Waals surface area (Å²) in [6, 6.07) is 19.1. The molecule has 1 fully saturated rings. The smallest absolute Gasteiger partial charge is 0.252 e. The van der Waals surface area contributed by atoms with E-state index in [4.69, 9.17) is 9.72 Å². The second-order valence-electron chi connectivity index (χ2n) is 9.41. The summed E-state index contributed by atoms with van der Waals surface area (Å²) in [5, 5.41) is 8.38. The number of rotatable bonds is 8. The summed E-state index contributed by atoms with van der Waals surface area (Å²) < 4.78 is 31.4. The SMILES string of the molecule is COc1ccc(-c2cc(C(=O)NCCCc3ccccc3)c3c(C)nn(C4CCS(=O)(=O)C4)c3n2)cc1. The molecule has 8 nitrogen and oxygen atoms in total. The van der Waals surface area contributed by atoms with Crippen molar-refractivity contribution in [3.05, 3.63) is 77.5 Å². The molecule has 9 heteroatoms. The Bertz CT molecular complexity index is 1530. The summed E-state index contributed by atoms with van der Waals surface area (Å²) in [4.78, 5) is 18.3. The van der Waals surface area contributed by atoms with Gasteiger partial charge in [0.1, 0.15) is 5.75 Å². The average Bonchev–Trinajstić information content (AvgIpc) is 3.45. The van der Waals surface area contributed by atoms with E-state index in [9.17, 15) is 13.2 Å². The largest absolute Gasteiger partial charge is 0.497 e. The van der Waals surface area contributed by atoms with Gasteiger partial charge in [0.15, 0.2) is 15.5 Å². The number of nitrogens with one attached hydrogen (secondary N) is 1. The van der Waals surface area contributed by atoms with Crippen molar-refractivity contribution >= 4 is 26.8 Å². The van der Waals surface area contributed by atoms with Gasteiger partial charge in [-0.05, 0) is 62.1 Å². The Hall–Kier alpha value is -3.72. The van der Waals surface area contributed by atoms with Crippen LogP contribution in [0.5, 0.6) is 5.75 Å². The fraction of sp³-hybridized carbons (Fsp3) is 0.321. The number of fused-ring (bicyclic) bond motifs is 1. The van der Waals surface area contributed by atoms with E-state index >= 15 is 0 Å². The second-order valence-corrected chi connectivity index (χ2v) is 11.6. The lowest BCUT2D eigenvalue weighted by atomic mass is 10.0. The van der Waals surface area contributed by atoms with Crippen molar-refractivity contribution in [1.29, 1.82) is 0 Å². The first kappa shape index (κ1) is 25.0. The highest BCUT2D eigenvalue weighted by Gasteiger charge is 2.32. The zero-order valence-electron chi connectivity index (χ0n) is 21.0. The second kappa shape index (κ2) is 10.3. The highest BCUT2D eigenvalue weighted by Crippen LogP contribution is 2.32. The van der Waals surface area contributed by atoms with E-state index in [2.05, 4.69) is 22.5 Å². The molecule has 1 atom stereocenters. The summed E-state index contributed by atoms with van der Waals surface area (Å²) in [6.45, 7) is 2.37. The Labute approximate surface area is 216 Å². The predicted molar refractivity (Wildman–Crippen MR) is 144 cm³/mol. The number of aryl methyl sites for hydroxylation is 2. The molecule has 1 N–H and O–H groups in total. The normalized spacial score (nSPS) is 16.6. The van der Waals surface area contributed by atoms with E-state index in [-0.39, 0.29) is 23.5 Å². The Morgan fingerprint density at radius 2 is 1.89 bits per heavy atom. The fourth-order valence-electron chi connectivity index (χ4n) is 4.86. The molecule has 0 saturated carbocycles. The van der Waals surface area contributed by atoms with Gasteiger partial charge >= 0.3 is 0 Å². The number of ether oxygens (including phenoxy) is 1. The van der Waals surface area contributed by atoms with Crippen LogP contribution in [0.25, 0.3) is 22.3 Å². The van der Waals surface area contributed by atoms with Gasteiger partial charge in [-0.3, -0.25) is 4.79 Å². The minimum absolute atomic E-state index is 0.0265. The van der Waals surface area contributed by atoms with Crippen LogP contribution in [-0.4, -0.2) is 54.2 Å². The standard InChI is InChI=1S/C28H30N4O4S/c1-19-26-24(28(33)29-15-6-9-20-7-4-3-5-8-20)17-25(21-10-12-23(36-2)13-11-21)30-27(26)32(31-19)22-14-16-37(34,35)18-22/h3-5,7-8,10-13,17,22H,6,9,14-16,18H2,1-2H3,(H,29,33). The van der Waals surface area contributed by atoms with E-state index in [0.717, 1.165) is 24.2 Å². The molecule has 1 aliphatic heterocycles. The number of methoxy groups -OCH3 is 1. The number of amides is 1. The number of hydrogen-bond donors (Lipinski definition) is 1. The van der Waals surface area contributed by atoms with Gasteiger partial charge in [-0.2, -0.15) is 5.10 Å². The Balaban J connectivity index is 1.49. The maximum atomic E-state index is 13.4. The molecule has 0 spiro atoms. The zero-order chi connectivity index (χ0) is 26.0. The van der Waals surface area contributed by atoms with Crippen LogP contribution in [0.4, 0.5) is 0 Å². The number of carbonyl (C=O) groups is 1. The van der Waals surface area contributed by atoms with E-state index < -0.39 is 9.84 Å².